The van der Waals surface area contributed by atoms with Crippen molar-refractivity contribution in [1.29, 1.82) is 0 Å². The van der Waals surface area contributed by atoms with Crippen molar-refractivity contribution in [3.05, 3.63) is 24.1 Å². The van der Waals surface area contributed by atoms with Gasteiger partial charge in [0.1, 0.15) is 5.52 Å². The van der Waals surface area contributed by atoms with Crippen LogP contribution in [0.3, 0.4) is 0 Å². The Morgan fingerprint density at radius 2 is 2.21 bits per heavy atom. The Kier molecular flexibility index (Phi) is 4.42. The van der Waals surface area contributed by atoms with E-state index in [2.05, 4.69) is 10.3 Å². The van der Waals surface area contributed by atoms with Gasteiger partial charge in [0.15, 0.2) is 11.5 Å². The average Bonchev–Trinajstić information content (AvgIpc) is 2.96. The van der Waals surface area contributed by atoms with Crippen LogP contribution >= 0.6 is 0 Å². The van der Waals surface area contributed by atoms with E-state index in [1.54, 1.807) is 23.1 Å². The number of fused-ring (bicyclic) bond motifs is 1. The Morgan fingerprint density at radius 1 is 1.42 bits per heavy atom. The molecule has 0 spiro atoms. The zero-order valence-corrected chi connectivity index (χ0v) is 13.8. The summed E-state index contributed by atoms with van der Waals surface area (Å²) in [5.74, 6) is -0.543. The van der Waals surface area contributed by atoms with Crippen LogP contribution in [0.25, 0.3) is 11.1 Å². The third-order valence-corrected chi connectivity index (χ3v) is 4.28. The Labute approximate surface area is 139 Å². The number of nitrogens with one attached hydrogen (secondary N) is 1. The summed E-state index contributed by atoms with van der Waals surface area (Å²) in [4.78, 5) is 29.6. The van der Waals surface area contributed by atoms with E-state index in [-0.39, 0.29) is 18.5 Å². The average molecular weight is 331 g/mol. The van der Waals surface area contributed by atoms with E-state index in [1.165, 1.54) is 0 Å². The fourth-order valence-corrected chi connectivity index (χ4v) is 3.10. The fourth-order valence-electron chi connectivity index (χ4n) is 3.10. The number of carboxylic acids is 1. The lowest BCUT2D eigenvalue weighted by Crippen LogP contribution is -2.47. The van der Waals surface area contributed by atoms with Gasteiger partial charge in [-0.1, -0.05) is 13.8 Å². The number of amides is 2. The maximum atomic E-state index is 12.5. The SMILES string of the molecule is CCc1nc2cc(NC(=O)N3CC(C)CC(C(=O)O)C3)ccc2o1. The number of hydrogen-bond acceptors (Lipinski definition) is 4. The number of hydrogen-bond donors (Lipinski definition) is 2. The maximum Gasteiger partial charge on any atom is 0.321 e. The monoisotopic (exact) mass is 331 g/mol. The highest BCUT2D eigenvalue weighted by Crippen LogP contribution is 2.24. The topological polar surface area (TPSA) is 95.7 Å². The second-order valence-corrected chi connectivity index (χ2v) is 6.35. The number of piperidine rings is 1. The van der Waals surface area contributed by atoms with E-state index >= 15 is 0 Å². The molecule has 2 heterocycles. The molecule has 128 valence electrons. The molecule has 0 bridgehead atoms. The number of anilines is 1. The maximum absolute atomic E-state index is 12.5. The molecular formula is C17H21N3O4. The highest BCUT2D eigenvalue weighted by atomic mass is 16.4. The Bertz CT molecular complexity index is 770. The van der Waals surface area contributed by atoms with Crippen LogP contribution in [0.15, 0.2) is 22.6 Å². The molecule has 1 aromatic heterocycles. The summed E-state index contributed by atoms with van der Waals surface area (Å²) in [6.45, 7) is 4.71. The van der Waals surface area contributed by atoms with Gasteiger partial charge in [-0.05, 0) is 30.5 Å². The molecule has 2 unspecified atom stereocenters. The largest absolute Gasteiger partial charge is 0.481 e. The van der Waals surface area contributed by atoms with Crippen molar-refractivity contribution in [2.24, 2.45) is 11.8 Å². The van der Waals surface area contributed by atoms with Gasteiger partial charge in [0.05, 0.1) is 5.92 Å². The van der Waals surface area contributed by atoms with E-state index < -0.39 is 11.9 Å². The zero-order chi connectivity index (χ0) is 17.3. The van der Waals surface area contributed by atoms with E-state index in [1.807, 2.05) is 13.8 Å². The second-order valence-electron chi connectivity index (χ2n) is 6.35. The summed E-state index contributed by atoms with van der Waals surface area (Å²) in [5, 5.41) is 12.0. The molecule has 1 saturated heterocycles. The van der Waals surface area contributed by atoms with Crippen LogP contribution in [0.5, 0.6) is 0 Å². The molecule has 2 atom stereocenters. The molecule has 0 aliphatic carbocycles. The molecule has 2 N–H and O–H groups in total. The van der Waals surface area contributed by atoms with Crippen molar-refractivity contribution in [1.82, 2.24) is 9.88 Å². The first-order valence-corrected chi connectivity index (χ1v) is 8.14. The molecule has 2 aromatic rings. The molecule has 1 fully saturated rings. The molecular weight excluding hydrogens is 310 g/mol. The lowest BCUT2D eigenvalue weighted by atomic mass is 9.91. The van der Waals surface area contributed by atoms with E-state index in [0.29, 0.717) is 42.1 Å². The summed E-state index contributed by atoms with van der Waals surface area (Å²) in [7, 11) is 0. The van der Waals surface area contributed by atoms with Gasteiger partial charge in [-0.15, -0.1) is 0 Å². The van der Waals surface area contributed by atoms with Crippen molar-refractivity contribution in [3.8, 4) is 0 Å². The third-order valence-electron chi connectivity index (χ3n) is 4.28. The number of oxazole rings is 1. The lowest BCUT2D eigenvalue weighted by molar-refractivity contribution is -0.143. The van der Waals surface area contributed by atoms with Crippen LogP contribution in [0.1, 0.15) is 26.2 Å². The van der Waals surface area contributed by atoms with Gasteiger partial charge in [0, 0.05) is 25.2 Å². The standard InChI is InChI=1S/C17H21N3O4/c1-3-15-19-13-7-12(4-5-14(13)24-15)18-17(23)20-8-10(2)6-11(9-20)16(21)22/h4-5,7,10-11H,3,6,8-9H2,1-2H3,(H,18,23)(H,21,22). The van der Waals surface area contributed by atoms with Crippen LogP contribution in [0, 0.1) is 11.8 Å². The number of likely N-dealkylation sites (tertiary alicyclic amines) is 1. The number of aryl methyl sites for hydroxylation is 1. The smallest absolute Gasteiger partial charge is 0.321 e. The first-order chi connectivity index (χ1) is 11.5. The summed E-state index contributed by atoms with van der Waals surface area (Å²) in [5.41, 5.74) is 2.00. The van der Waals surface area contributed by atoms with Gasteiger partial charge in [0.25, 0.3) is 0 Å². The van der Waals surface area contributed by atoms with Crippen LogP contribution < -0.4 is 5.32 Å². The number of aromatic nitrogens is 1. The number of carbonyl (C=O) groups is 2. The molecule has 0 radical (unpaired) electrons. The number of nitrogens with zero attached hydrogens (tertiary/aromatic N) is 2. The van der Waals surface area contributed by atoms with Crippen LogP contribution in [0.4, 0.5) is 10.5 Å². The summed E-state index contributed by atoms with van der Waals surface area (Å²) in [6.07, 6.45) is 1.31. The highest BCUT2D eigenvalue weighted by Gasteiger charge is 2.31. The molecule has 7 nitrogen and oxygen atoms in total. The summed E-state index contributed by atoms with van der Waals surface area (Å²) >= 11 is 0. The first-order valence-electron chi connectivity index (χ1n) is 8.14. The Hall–Kier alpha value is -2.57. The van der Waals surface area contributed by atoms with Crippen molar-refractivity contribution in [2.75, 3.05) is 18.4 Å². The van der Waals surface area contributed by atoms with Crippen LogP contribution in [0.2, 0.25) is 0 Å². The molecule has 7 heteroatoms. The lowest BCUT2D eigenvalue weighted by Gasteiger charge is -2.34. The number of carbonyl (C=O) groups excluding carboxylic acids is 1. The molecule has 1 aliphatic heterocycles. The number of carboxylic acid groups (broad SMARTS) is 1. The molecule has 0 saturated carbocycles. The second kappa shape index (κ2) is 6.51. The summed E-state index contributed by atoms with van der Waals surface area (Å²) < 4.78 is 5.55. The van der Waals surface area contributed by atoms with Gasteiger partial charge in [0.2, 0.25) is 0 Å². The molecule has 24 heavy (non-hydrogen) atoms. The minimum atomic E-state index is -0.851. The van der Waals surface area contributed by atoms with Gasteiger partial charge in [-0.25, -0.2) is 9.78 Å². The van der Waals surface area contributed by atoms with Gasteiger partial charge >= 0.3 is 12.0 Å². The fraction of sp³-hybridized carbons (Fsp3) is 0.471. The zero-order valence-electron chi connectivity index (χ0n) is 13.8. The van der Waals surface area contributed by atoms with Crippen LogP contribution in [-0.2, 0) is 11.2 Å². The first kappa shape index (κ1) is 16.3. The quantitative estimate of drug-likeness (QED) is 0.901. The predicted octanol–water partition coefficient (Wildman–Crippen LogP) is 2.96. The molecule has 1 aliphatic rings. The molecule has 3 rings (SSSR count). The number of urea groups is 1. The molecule has 2 amide bonds. The van der Waals surface area contributed by atoms with E-state index in [9.17, 15) is 14.7 Å². The van der Waals surface area contributed by atoms with E-state index in [0.717, 1.165) is 0 Å². The van der Waals surface area contributed by atoms with E-state index in [4.69, 9.17) is 4.42 Å². The number of aliphatic carboxylic acids is 1. The number of rotatable bonds is 3. The van der Waals surface area contributed by atoms with Gasteiger partial charge < -0.3 is 19.7 Å². The minimum Gasteiger partial charge on any atom is -0.481 e. The summed E-state index contributed by atoms with van der Waals surface area (Å²) in [6, 6.07) is 5.01. The highest BCUT2D eigenvalue weighted by molar-refractivity contribution is 5.92. The Morgan fingerprint density at radius 3 is 2.92 bits per heavy atom. The normalized spacial score (nSPS) is 21.0. The third kappa shape index (κ3) is 3.34. The molecule has 1 aromatic carbocycles. The predicted molar refractivity (Wildman–Crippen MR) is 88.9 cm³/mol. The minimum absolute atomic E-state index is 0.163. The van der Waals surface area contributed by atoms with Crippen molar-refractivity contribution in [3.63, 3.8) is 0 Å². The van der Waals surface area contributed by atoms with Crippen molar-refractivity contribution >= 4 is 28.8 Å². The van der Waals surface area contributed by atoms with Crippen molar-refractivity contribution in [2.45, 2.75) is 26.7 Å². The number of benzene rings is 1. The van der Waals surface area contributed by atoms with Gasteiger partial charge in [-0.2, -0.15) is 0 Å². The van der Waals surface area contributed by atoms with Crippen LogP contribution in [-0.4, -0.2) is 40.1 Å². The Balaban J connectivity index is 1.72. The van der Waals surface area contributed by atoms with Gasteiger partial charge in [-0.3, -0.25) is 4.79 Å². The van der Waals surface area contributed by atoms with Crippen molar-refractivity contribution < 1.29 is 19.1 Å².